The zero-order valence-electron chi connectivity index (χ0n) is 11.7. The van der Waals surface area contributed by atoms with Gasteiger partial charge in [-0.3, -0.25) is 10.1 Å². The molecule has 0 saturated carbocycles. The summed E-state index contributed by atoms with van der Waals surface area (Å²) in [4.78, 5) is 10.0. The molecule has 2 rings (SSSR count). The van der Waals surface area contributed by atoms with Crippen LogP contribution >= 0.6 is 11.8 Å². The Balaban J connectivity index is 1.99. The van der Waals surface area contributed by atoms with Crippen LogP contribution in [0, 0.1) is 15.9 Å². The van der Waals surface area contributed by atoms with Crippen molar-refractivity contribution in [2.75, 3.05) is 42.2 Å². The van der Waals surface area contributed by atoms with E-state index in [1.165, 1.54) is 16.4 Å². The number of para-hydroxylation sites is 1. The van der Waals surface area contributed by atoms with Gasteiger partial charge in [0.25, 0.3) is 0 Å². The highest BCUT2D eigenvalue weighted by Gasteiger charge is 2.24. The van der Waals surface area contributed by atoms with E-state index < -0.39 is 26.5 Å². The van der Waals surface area contributed by atoms with Gasteiger partial charge >= 0.3 is 5.69 Å². The SMILES string of the molecule is O=[N+]([O-])c1c(F)cccc1NCCS(=O)(=O)N1CCSCC1. The zero-order valence-corrected chi connectivity index (χ0v) is 13.3. The van der Waals surface area contributed by atoms with Crippen molar-refractivity contribution in [2.24, 2.45) is 0 Å². The molecule has 10 heteroatoms. The molecule has 1 saturated heterocycles. The summed E-state index contributed by atoms with van der Waals surface area (Å²) in [6.07, 6.45) is 0. The van der Waals surface area contributed by atoms with E-state index in [1.54, 1.807) is 11.8 Å². The van der Waals surface area contributed by atoms with E-state index in [-0.39, 0.29) is 18.0 Å². The van der Waals surface area contributed by atoms with E-state index in [2.05, 4.69) is 5.32 Å². The highest BCUT2D eigenvalue weighted by Crippen LogP contribution is 2.27. The molecule has 22 heavy (non-hydrogen) atoms. The molecule has 0 bridgehead atoms. The first-order valence-corrected chi connectivity index (χ1v) is 9.40. The van der Waals surface area contributed by atoms with E-state index in [9.17, 15) is 22.9 Å². The minimum absolute atomic E-state index is 0.0176. The van der Waals surface area contributed by atoms with Gasteiger partial charge in [-0.15, -0.1) is 0 Å². The lowest BCUT2D eigenvalue weighted by atomic mass is 10.2. The number of sulfonamides is 1. The van der Waals surface area contributed by atoms with E-state index in [0.717, 1.165) is 17.6 Å². The van der Waals surface area contributed by atoms with Crippen LogP contribution in [-0.4, -0.2) is 54.5 Å². The van der Waals surface area contributed by atoms with Gasteiger partial charge in [-0.25, -0.2) is 12.7 Å². The second-order valence-corrected chi connectivity index (χ2v) is 7.96. The predicted octanol–water partition coefficient (Wildman–Crippen LogP) is 1.52. The summed E-state index contributed by atoms with van der Waals surface area (Å²) in [5, 5.41) is 13.5. The maximum atomic E-state index is 13.4. The largest absolute Gasteiger partial charge is 0.378 e. The maximum Gasteiger partial charge on any atom is 0.327 e. The van der Waals surface area contributed by atoms with Crippen LogP contribution in [0.2, 0.25) is 0 Å². The van der Waals surface area contributed by atoms with Crippen molar-refractivity contribution in [2.45, 2.75) is 0 Å². The molecule has 0 radical (unpaired) electrons. The topological polar surface area (TPSA) is 92.5 Å². The second kappa shape index (κ2) is 7.25. The average Bonchev–Trinajstić information content (AvgIpc) is 2.47. The van der Waals surface area contributed by atoms with Crippen molar-refractivity contribution in [3.63, 3.8) is 0 Å². The summed E-state index contributed by atoms with van der Waals surface area (Å²) in [5.74, 6) is 0.390. The standard InChI is InChI=1S/C12H16FN3O4S2/c13-10-2-1-3-11(12(10)16(17)18)14-4-9-22(19,20)15-5-7-21-8-6-15/h1-3,14H,4-9H2. The molecule has 1 aliphatic rings. The quantitative estimate of drug-likeness (QED) is 0.618. The Morgan fingerprint density at radius 3 is 2.68 bits per heavy atom. The monoisotopic (exact) mass is 349 g/mol. The number of thioether (sulfide) groups is 1. The molecule has 1 aliphatic heterocycles. The summed E-state index contributed by atoms with van der Waals surface area (Å²) in [6.45, 7) is 0.941. The van der Waals surface area contributed by atoms with E-state index in [4.69, 9.17) is 0 Å². The molecule has 0 aromatic heterocycles. The van der Waals surface area contributed by atoms with Gasteiger partial charge in [0.15, 0.2) is 0 Å². The van der Waals surface area contributed by atoms with Crippen LogP contribution in [0.5, 0.6) is 0 Å². The van der Waals surface area contributed by atoms with E-state index in [0.29, 0.717) is 13.1 Å². The maximum absolute atomic E-state index is 13.4. The van der Waals surface area contributed by atoms with Gasteiger partial charge in [0.1, 0.15) is 5.69 Å². The number of hydrogen-bond donors (Lipinski definition) is 1. The summed E-state index contributed by atoms with van der Waals surface area (Å²) in [6, 6.07) is 3.68. The number of nitrogens with one attached hydrogen (secondary N) is 1. The number of halogens is 1. The van der Waals surface area contributed by atoms with Crippen LogP contribution in [0.3, 0.4) is 0 Å². The van der Waals surface area contributed by atoms with Crippen molar-refractivity contribution in [1.29, 1.82) is 0 Å². The molecule has 1 N–H and O–H groups in total. The lowest BCUT2D eigenvalue weighted by Crippen LogP contribution is -2.40. The smallest absolute Gasteiger partial charge is 0.327 e. The molecule has 7 nitrogen and oxygen atoms in total. The molecule has 1 heterocycles. The van der Waals surface area contributed by atoms with Crippen LogP contribution in [0.15, 0.2) is 18.2 Å². The molecule has 1 fully saturated rings. The van der Waals surface area contributed by atoms with E-state index in [1.807, 2.05) is 0 Å². The number of nitro groups is 1. The Morgan fingerprint density at radius 2 is 2.05 bits per heavy atom. The van der Waals surface area contributed by atoms with Crippen molar-refractivity contribution in [1.82, 2.24) is 4.31 Å². The number of anilines is 1. The Labute approximate surface area is 132 Å². The molecule has 0 atom stereocenters. The fourth-order valence-electron chi connectivity index (χ4n) is 2.11. The van der Waals surface area contributed by atoms with Crippen LogP contribution < -0.4 is 5.32 Å². The second-order valence-electron chi connectivity index (χ2n) is 4.65. The zero-order chi connectivity index (χ0) is 16.2. The van der Waals surface area contributed by atoms with Crippen LogP contribution in [-0.2, 0) is 10.0 Å². The molecule has 1 aromatic rings. The Bertz CT molecular complexity index is 648. The minimum Gasteiger partial charge on any atom is -0.378 e. The van der Waals surface area contributed by atoms with E-state index >= 15 is 0 Å². The molecular formula is C12H16FN3O4S2. The fourth-order valence-corrected chi connectivity index (χ4v) is 4.60. The van der Waals surface area contributed by atoms with Gasteiger partial charge in [0.2, 0.25) is 15.8 Å². The van der Waals surface area contributed by atoms with Crippen molar-refractivity contribution in [3.05, 3.63) is 34.1 Å². The predicted molar refractivity (Wildman–Crippen MR) is 84.2 cm³/mol. The van der Waals surface area contributed by atoms with Gasteiger partial charge < -0.3 is 5.32 Å². The molecule has 0 amide bonds. The normalized spacial score (nSPS) is 16.4. The van der Waals surface area contributed by atoms with Crippen molar-refractivity contribution in [3.8, 4) is 0 Å². The number of benzene rings is 1. The highest BCUT2D eigenvalue weighted by atomic mass is 32.2. The third-order valence-electron chi connectivity index (χ3n) is 3.21. The third-order valence-corrected chi connectivity index (χ3v) is 6.02. The lowest BCUT2D eigenvalue weighted by molar-refractivity contribution is -0.386. The molecule has 0 aliphatic carbocycles. The number of nitro benzene ring substituents is 1. The molecule has 122 valence electrons. The van der Waals surface area contributed by atoms with Gasteiger partial charge in [0, 0.05) is 31.1 Å². The first-order chi connectivity index (χ1) is 10.4. The van der Waals surface area contributed by atoms with Crippen molar-refractivity contribution < 1.29 is 17.7 Å². The Hall–Kier alpha value is -1.39. The van der Waals surface area contributed by atoms with Crippen LogP contribution in [0.4, 0.5) is 15.8 Å². The summed E-state index contributed by atoms with van der Waals surface area (Å²) >= 11 is 1.70. The summed E-state index contributed by atoms with van der Waals surface area (Å²) < 4.78 is 39.1. The Kier molecular flexibility index (Phi) is 5.59. The average molecular weight is 349 g/mol. The first kappa shape index (κ1) is 17.0. The number of rotatable bonds is 6. The van der Waals surface area contributed by atoms with Crippen LogP contribution in [0.1, 0.15) is 0 Å². The van der Waals surface area contributed by atoms with Gasteiger partial charge in [-0.1, -0.05) is 6.07 Å². The fraction of sp³-hybridized carbons (Fsp3) is 0.500. The van der Waals surface area contributed by atoms with Crippen LogP contribution in [0.25, 0.3) is 0 Å². The van der Waals surface area contributed by atoms with Gasteiger partial charge in [-0.2, -0.15) is 16.2 Å². The Morgan fingerprint density at radius 1 is 1.36 bits per heavy atom. The third kappa shape index (κ3) is 4.08. The number of nitrogens with zero attached hydrogens (tertiary/aromatic N) is 2. The highest BCUT2D eigenvalue weighted by molar-refractivity contribution is 7.99. The molecule has 1 aromatic carbocycles. The first-order valence-electron chi connectivity index (χ1n) is 6.64. The molecule has 0 spiro atoms. The molecule has 0 unspecified atom stereocenters. The summed E-state index contributed by atoms with van der Waals surface area (Å²) in [7, 11) is -3.40. The van der Waals surface area contributed by atoms with Gasteiger partial charge in [0.05, 0.1) is 10.7 Å². The lowest BCUT2D eigenvalue weighted by Gasteiger charge is -2.25. The minimum atomic E-state index is -3.40. The van der Waals surface area contributed by atoms with Gasteiger partial charge in [-0.05, 0) is 12.1 Å². The summed E-state index contributed by atoms with van der Waals surface area (Å²) in [5.41, 5.74) is -0.691. The molecular weight excluding hydrogens is 333 g/mol. The number of hydrogen-bond acceptors (Lipinski definition) is 6. The van der Waals surface area contributed by atoms with Crippen molar-refractivity contribution >= 4 is 33.2 Å².